The van der Waals surface area contributed by atoms with Crippen LogP contribution in [-0.4, -0.2) is 287 Å². The topological polar surface area (TPSA) is 378 Å². The number of ketones is 4. The number of sulfone groups is 1. The molecule has 1 saturated carbocycles. The van der Waals surface area contributed by atoms with Gasteiger partial charge < -0.3 is 96.8 Å². The van der Waals surface area contributed by atoms with E-state index in [4.69, 9.17) is 89.0 Å². The summed E-state index contributed by atoms with van der Waals surface area (Å²) in [4.78, 5) is 103. The van der Waals surface area contributed by atoms with Crippen molar-refractivity contribution in [3.8, 4) is 16.9 Å². The van der Waals surface area contributed by atoms with Gasteiger partial charge in [-0.3, -0.25) is 28.8 Å². The monoisotopic (exact) mass is 1920 g/mol. The molecule has 5 aliphatic rings. The van der Waals surface area contributed by atoms with E-state index < -0.39 is 104 Å². The largest absolute Gasteiger partial charge is 0.491 e. The third-order valence-corrected chi connectivity index (χ3v) is 27.0. The number of nitrogens with zero attached hydrogens (tertiary/aromatic N) is 3. The van der Waals surface area contributed by atoms with Crippen LogP contribution in [0.3, 0.4) is 0 Å². The first kappa shape index (κ1) is 115. The molecule has 2 saturated heterocycles. The van der Waals surface area contributed by atoms with E-state index in [1.165, 1.54) is 32.1 Å². The number of thiocarbonyl (C=S) groups is 1. The number of esters is 1. The Labute approximate surface area is 799 Å². The molecule has 15 atom stereocenters. The van der Waals surface area contributed by atoms with Crippen LogP contribution in [0.25, 0.3) is 11.1 Å². The van der Waals surface area contributed by atoms with Crippen LogP contribution in [0.15, 0.2) is 101 Å². The Morgan fingerprint density at radius 2 is 1.35 bits per heavy atom. The maximum Gasteiger partial charge on any atom is 0.329 e. The molecule has 5 heterocycles. The number of ether oxygens (including phenoxy) is 15. The number of halogens is 1. The fourth-order valence-corrected chi connectivity index (χ4v) is 18.6. The van der Waals surface area contributed by atoms with Crippen LogP contribution in [-0.2, 0) is 111 Å². The first-order valence-electron chi connectivity index (χ1n) is 47.6. The summed E-state index contributed by atoms with van der Waals surface area (Å²) in [6.07, 6.45) is 17.3. The number of nitrogen functional groups attached to an aromatic ring is 1. The summed E-state index contributed by atoms with van der Waals surface area (Å²) in [6.45, 7) is 27.6. The lowest BCUT2D eigenvalue weighted by Crippen LogP contribution is -2.61. The molecule has 1 aliphatic carbocycles. The molecular weight excluding hydrogens is 1770 g/mol. The zero-order chi connectivity index (χ0) is 98.3. The van der Waals surface area contributed by atoms with Crippen LogP contribution < -0.4 is 10.5 Å². The number of cyclic esters (lactones) is 1. The number of hydrogen-bond donors (Lipinski definition) is 3. The summed E-state index contributed by atoms with van der Waals surface area (Å²) in [5, 5.41) is 24.1. The predicted octanol–water partition coefficient (Wildman–Crippen LogP) is 13.8. The maximum absolute atomic E-state index is 15.4. The highest BCUT2D eigenvalue weighted by molar-refractivity contribution is 7.91. The van der Waals surface area contributed by atoms with Crippen molar-refractivity contribution in [1.29, 1.82) is 0 Å². The Morgan fingerprint density at radius 3 is 1.96 bits per heavy atom. The van der Waals surface area contributed by atoms with Gasteiger partial charge in [0.25, 0.3) is 17.6 Å². The van der Waals surface area contributed by atoms with Crippen molar-refractivity contribution in [1.82, 2.24) is 14.8 Å². The van der Waals surface area contributed by atoms with Crippen molar-refractivity contribution in [3.05, 3.63) is 119 Å². The molecule has 4 aliphatic heterocycles. The minimum atomic E-state index is -3.99. The van der Waals surface area contributed by atoms with Gasteiger partial charge in [-0.2, -0.15) is 0 Å². The number of aliphatic hydroxyl groups excluding tert-OH is 1. The van der Waals surface area contributed by atoms with Gasteiger partial charge in [0.05, 0.1) is 103 Å². The van der Waals surface area contributed by atoms with Gasteiger partial charge in [-0.25, -0.2) is 22.6 Å². The zero-order valence-corrected chi connectivity index (χ0v) is 83.5. The van der Waals surface area contributed by atoms with Crippen molar-refractivity contribution < 1.29 is 128 Å². The summed E-state index contributed by atoms with van der Waals surface area (Å²) < 4.78 is 125. The summed E-state index contributed by atoms with van der Waals surface area (Å²) in [6, 6.07) is 10.5. The second kappa shape index (κ2) is 61.7. The summed E-state index contributed by atoms with van der Waals surface area (Å²) in [5.41, 5.74) is 9.50. The number of carbonyl (C=O) groups excluding carboxylic acids is 7. The Morgan fingerprint density at radius 1 is 0.701 bits per heavy atom. The number of aromatic nitrogens is 1. The van der Waals surface area contributed by atoms with Gasteiger partial charge in [-0.1, -0.05) is 91.0 Å². The van der Waals surface area contributed by atoms with E-state index in [1.807, 2.05) is 82.3 Å². The van der Waals surface area contributed by atoms with Crippen LogP contribution in [0.1, 0.15) is 206 Å². The third kappa shape index (κ3) is 38.0. The molecule has 0 spiro atoms. The number of pyridine rings is 1. The number of carbonyl (C=O) groups is 7. The Balaban J connectivity index is 0.000000368. The highest BCUT2D eigenvalue weighted by Gasteiger charge is 2.53. The zero-order valence-electron chi connectivity index (χ0n) is 81.8. The molecule has 0 unspecified atom stereocenters. The Kier molecular flexibility index (Phi) is 53.0. The number of benzene rings is 2. The quantitative estimate of drug-likeness (QED) is 0.0156. The minimum Gasteiger partial charge on any atom is -0.491 e. The highest BCUT2D eigenvalue weighted by Crippen LogP contribution is 2.40. The van der Waals surface area contributed by atoms with Gasteiger partial charge in [0.2, 0.25) is 5.79 Å². The molecule has 2 bridgehead atoms. The van der Waals surface area contributed by atoms with E-state index in [0.717, 1.165) is 67.2 Å². The number of methoxy groups -OCH3 is 5. The van der Waals surface area contributed by atoms with Crippen LogP contribution in [0.5, 0.6) is 5.75 Å². The molecule has 3 fully saturated rings. The number of aliphatic hydroxyl groups is 2. The van der Waals surface area contributed by atoms with Gasteiger partial charge in [0.1, 0.15) is 70.9 Å². The normalized spacial score (nSPS) is 26.0. The number of allylic oxidation sites excluding steroid dienone is 6. The standard InChI is InChI=1S/C56H87NO14S.C29H32FN3O6S.C16H34O6/c1-34-18-13-12-14-19-35(2)46(66-9)32-42-24-22-40(7)56(64,71-42)53(61)54(62)57-26-16-15-20-43(57)55(63)70-47(33-44(58)36(3)29-39(6)51(60)52(68-11)50(59)38(5)28-34)37(4)30-41-23-25-45(48(31-41)67-10)69-49(72)21-17-27-65-8;1-19-24(7-9-26(28(19)30)40(36,37)15-3-4-23(34)11-13-38-2)29(35)33-12-14-39-25-8-5-20(16-22(25)18-33)21-6-10-27(31)32-17-21;1-3-5-17-7-9-19-11-13-21-15-16-22-14-12-20-10-8-18-6-4-2/h12-14,18-19,29,34,36-38,40-43,45-48,51-52,60,64H,15-17,20-28,30-33H2,1-11H3;5-10,16-17H,3-4,11-15,18H2,1-2H3,(H2,31,32);3-16H2,1-2H3/b14-12+,18-13+,35-19+,39-29+;;/t34-,36-,37-,38-,40-,41+,42+,43+,45-,46+,47+,48-,51-,52+,56-;;/m1../s1. The lowest BCUT2D eigenvalue weighted by Gasteiger charge is -2.42. The van der Waals surface area contributed by atoms with Gasteiger partial charge >= 0.3 is 5.97 Å². The van der Waals surface area contributed by atoms with Crippen LogP contribution in [0, 0.1) is 48.2 Å². The molecule has 4 N–H and O–H groups in total. The van der Waals surface area contributed by atoms with Gasteiger partial charge in [-0.15, -0.1) is 0 Å². The maximum atomic E-state index is 15.4. The average Bonchev–Trinajstić information content (AvgIpc) is 0.880. The lowest BCUT2D eigenvalue weighted by molar-refractivity contribution is -0.265. The lowest BCUT2D eigenvalue weighted by atomic mass is 9.78. The number of anilines is 1. The number of piperidine rings is 1. The number of amides is 2. The summed E-state index contributed by atoms with van der Waals surface area (Å²) >= 11 is 5.53. The van der Waals surface area contributed by atoms with E-state index in [2.05, 4.69) is 18.8 Å². The molecule has 2 aromatic carbocycles. The molecule has 1 aromatic heterocycles. The molecule has 33 heteroatoms. The van der Waals surface area contributed by atoms with E-state index >= 15 is 4.39 Å². The van der Waals surface area contributed by atoms with Crippen molar-refractivity contribution in [2.75, 3.05) is 159 Å². The van der Waals surface area contributed by atoms with Gasteiger partial charge in [0, 0.05) is 141 Å². The smallest absolute Gasteiger partial charge is 0.329 e. The van der Waals surface area contributed by atoms with E-state index in [0.29, 0.717) is 159 Å². The average molecular weight is 1920 g/mol. The van der Waals surface area contributed by atoms with Crippen LogP contribution in [0.4, 0.5) is 10.2 Å². The Bertz CT molecular complexity index is 4340. The van der Waals surface area contributed by atoms with Crippen molar-refractivity contribution >= 4 is 73.8 Å². The second-order valence-corrected chi connectivity index (χ2v) is 38.0. The van der Waals surface area contributed by atoms with Crippen LogP contribution in [0.2, 0.25) is 0 Å². The highest BCUT2D eigenvalue weighted by atomic mass is 32.2. The van der Waals surface area contributed by atoms with Gasteiger partial charge in [0.15, 0.2) is 20.7 Å². The van der Waals surface area contributed by atoms with Crippen molar-refractivity contribution in [2.45, 2.75) is 257 Å². The first-order chi connectivity index (χ1) is 64.2. The fraction of sp³-hybridized carbons (Fsp3) is 0.673. The molecule has 2 amide bonds. The van der Waals surface area contributed by atoms with E-state index in [1.54, 1.807) is 65.3 Å². The minimum absolute atomic E-state index is 0.0142. The van der Waals surface area contributed by atoms with E-state index in [9.17, 15) is 52.2 Å². The summed E-state index contributed by atoms with van der Waals surface area (Å²) in [5.74, 6) is -8.80. The fourth-order valence-electron chi connectivity index (χ4n) is 16.8. The van der Waals surface area contributed by atoms with Crippen LogP contribution >= 0.6 is 12.2 Å². The van der Waals surface area contributed by atoms with E-state index in [-0.39, 0.29) is 129 Å². The third-order valence-electron chi connectivity index (χ3n) is 24.8. The molecule has 134 heavy (non-hydrogen) atoms. The number of rotatable bonds is 40. The number of fused-ring (bicyclic) bond motifs is 4. The number of hydrogen-bond acceptors (Lipinski definition) is 29. The number of nitrogens with two attached hydrogens (primary N) is 1. The van der Waals surface area contributed by atoms with Gasteiger partial charge in [-0.05, 0) is 199 Å². The summed E-state index contributed by atoms with van der Waals surface area (Å²) in [7, 11) is 3.75. The molecule has 30 nitrogen and oxygen atoms in total. The SMILES string of the molecule is CCCOCCOCCOCCOCCOCCOCCC.COCCC(=O)CCCS(=O)(=O)c1ccc(C(=O)N2CCOc3ccc(-c4ccc(N)nc4)cc3C2)c(C)c1F.COCCCC(=S)O[C@@H]1CC[C@@H](C[C@@H](C)[C@@H]2CC(=O)[C@H](C)/C=C(\C)[C@@H](O)[C@@H](OC)C(=O)[C@H](C)C[C@H](C)/C=C/C=C/C=C(\C)[C@@H](OC)C[C@@H]3CC[C@@H](C)[C@@](O)(O3)C(=O)C(=O)N3CCCC[C@H]3C(=O)O2)C[C@H]1OC. The molecule has 0 radical (unpaired) electrons. The van der Waals surface area contributed by atoms with Crippen molar-refractivity contribution in [3.63, 3.8) is 0 Å². The second-order valence-electron chi connectivity index (χ2n) is 35.4. The first-order valence-corrected chi connectivity index (χ1v) is 49.7. The molecule has 8 rings (SSSR count). The molecular formula is C101H153FN4O26S2. The molecule has 3 aromatic rings. The number of Topliss-reactive ketones (excluding diaryl/α,β-unsaturated/α-hetero) is 4. The van der Waals surface area contributed by atoms with Crippen molar-refractivity contribution in [2.24, 2.45) is 35.5 Å². The molecule has 752 valence electrons. The predicted molar refractivity (Wildman–Crippen MR) is 511 cm³/mol. The Hall–Kier alpha value is -7.55.